The lowest BCUT2D eigenvalue weighted by Crippen LogP contribution is -2.39. The second kappa shape index (κ2) is 8.04. The number of aromatic nitrogens is 2. The smallest absolute Gasteiger partial charge is 0.268 e. The minimum Gasteiger partial charge on any atom is -0.268 e. The number of nitrogens with one attached hydrogen (secondary N) is 1. The van der Waals surface area contributed by atoms with Crippen LogP contribution in [-0.4, -0.2) is 42.5 Å². The van der Waals surface area contributed by atoms with Crippen LogP contribution in [0.3, 0.4) is 0 Å². The van der Waals surface area contributed by atoms with Crippen molar-refractivity contribution in [3.63, 3.8) is 0 Å². The van der Waals surface area contributed by atoms with Crippen molar-refractivity contribution in [1.82, 2.24) is 18.8 Å². The second-order valence-electron chi connectivity index (χ2n) is 7.52. The van der Waals surface area contributed by atoms with Gasteiger partial charge < -0.3 is 0 Å². The minimum absolute atomic E-state index is 0.245. The van der Waals surface area contributed by atoms with Gasteiger partial charge in [-0.3, -0.25) is 4.79 Å². The Kier molecular flexibility index (Phi) is 5.44. The van der Waals surface area contributed by atoms with Gasteiger partial charge >= 0.3 is 10.2 Å². The first-order valence-corrected chi connectivity index (χ1v) is 11.3. The molecule has 4 rings (SSSR count). The summed E-state index contributed by atoms with van der Waals surface area (Å²) < 4.78 is 28.9. The van der Waals surface area contributed by atoms with Crippen molar-refractivity contribution in [1.29, 1.82) is 0 Å². The van der Waals surface area contributed by atoms with E-state index in [9.17, 15) is 13.2 Å². The number of nitrogens with zero attached hydrogens (tertiary/aromatic N) is 3. The molecule has 7 nitrogen and oxygen atoms in total. The Morgan fingerprint density at radius 1 is 1.10 bits per heavy atom. The average Bonchev–Trinajstić information content (AvgIpc) is 3.13. The molecule has 1 heterocycles. The highest BCUT2D eigenvalue weighted by Crippen LogP contribution is 2.34. The number of hydrogen-bond acceptors (Lipinski definition) is 4. The highest BCUT2D eigenvalue weighted by molar-refractivity contribution is 7.87. The van der Waals surface area contributed by atoms with Crippen LogP contribution in [0, 0.1) is 0 Å². The van der Waals surface area contributed by atoms with Crippen LogP contribution in [0.4, 0.5) is 0 Å². The first kappa shape index (κ1) is 20.3. The van der Waals surface area contributed by atoms with Crippen molar-refractivity contribution < 1.29 is 13.2 Å². The van der Waals surface area contributed by atoms with Crippen LogP contribution < -0.4 is 4.72 Å². The molecule has 0 atom stereocenters. The monoisotopic (exact) mass is 424 g/mol. The van der Waals surface area contributed by atoms with Gasteiger partial charge in [-0.2, -0.15) is 17.8 Å². The lowest BCUT2D eigenvalue weighted by Gasteiger charge is -2.15. The molecule has 1 aliphatic carbocycles. The van der Waals surface area contributed by atoms with Crippen molar-refractivity contribution in [2.45, 2.75) is 25.7 Å². The quantitative estimate of drug-likeness (QED) is 0.679. The van der Waals surface area contributed by atoms with Crippen LogP contribution in [0.1, 0.15) is 41.7 Å². The summed E-state index contributed by atoms with van der Waals surface area (Å²) in [5.41, 5.74) is 4.12. The summed E-state index contributed by atoms with van der Waals surface area (Å²) >= 11 is 0. The summed E-state index contributed by atoms with van der Waals surface area (Å²) in [4.78, 5) is 12.5. The lowest BCUT2D eigenvalue weighted by molar-refractivity contribution is 0.0980. The molecule has 1 amide bonds. The topological polar surface area (TPSA) is 84.3 Å². The van der Waals surface area contributed by atoms with E-state index in [0.29, 0.717) is 5.52 Å². The molecule has 0 spiro atoms. The number of benzene rings is 2. The zero-order valence-corrected chi connectivity index (χ0v) is 17.8. The van der Waals surface area contributed by atoms with Gasteiger partial charge in [0.25, 0.3) is 5.91 Å². The summed E-state index contributed by atoms with van der Waals surface area (Å²) in [6, 6.07) is 15.0. The van der Waals surface area contributed by atoms with Crippen LogP contribution in [0.5, 0.6) is 0 Å². The fourth-order valence-corrected chi connectivity index (χ4v) is 4.15. The Labute approximate surface area is 176 Å². The number of para-hydroxylation sites is 1. The van der Waals surface area contributed by atoms with E-state index in [1.54, 1.807) is 12.1 Å². The van der Waals surface area contributed by atoms with E-state index in [1.165, 1.54) is 26.1 Å². The number of allylic oxidation sites excluding steroid dienone is 2. The minimum atomic E-state index is -3.86. The average molecular weight is 425 g/mol. The van der Waals surface area contributed by atoms with Crippen LogP contribution in [0.2, 0.25) is 0 Å². The maximum absolute atomic E-state index is 12.5. The number of carbonyl (C=O) groups is 1. The summed E-state index contributed by atoms with van der Waals surface area (Å²) in [5, 5.41) is 5.71. The van der Waals surface area contributed by atoms with Gasteiger partial charge in [-0.05, 0) is 61.6 Å². The second-order valence-corrected chi connectivity index (χ2v) is 9.41. The van der Waals surface area contributed by atoms with E-state index in [2.05, 4.69) is 10.8 Å². The van der Waals surface area contributed by atoms with Gasteiger partial charge in [-0.25, -0.2) is 9.40 Å². The Morgan fingerprint density at radius 2 is 1.87 bits per heavy atom. The maximum Gasteiger partial charge on any atom is 0.303 e. The summed E-state index contributed by atoms with van der Waals surface area (Å²) in [6.07, 6.45) is 6.61. The molecule has 0 saturated carbocycles. The van der Waals surface area contributed by atoms with Crippen molar-refractivity contribution in [3.8, 4) is 5.69 Å². The predicted octanol–water partition coefficient (Wildman–Crippen LogP) is 3.52. The number of rotatable bonds is 5. The van der Waals surface area contributed by atoms with E-state index in [1.807, 2.05) is 41.1 Å². The SMILES string of the molecule is CN(C)S(=O)(=O)NC(=O)c1ccc2c(C3=CCCCC3)n(-c3ccccc3)nc2c1. The fourth-order valence-electron chi connectivity index (χ4n) is 3.61. The van der Waals surface area contributed by atoms with E-state index >= 15 is 0 Å². The third-order valence-electron chi connectivity index (χ3n) is 5.23. The first-order chi connectivity index (χ1) is 14.4. The first-order valence-electron chi connectivity index (χ1n) is 9.89. The molecule has 2 aromatic carbocycles. The van der Waals surface area contributed by atoms with Crippen LogP contribution in [0.15, 0.2) is 54.6 Å². The lowest BCUT2D eigenvalue weighted by atomic mass is 9.95. The summed E-state index contributed by atoms with van der Waals surface area (Å²) in [7, 11) is -1.13. The third-order valence-corrected chi connectivity index (χ3v) is 6.64. The van der Waals surface area contributed by atoms with E-state index in [-0.39, 0.29) is 5.56 Å². The standard InChI is InChI=1S/C22H24N4O3S/c1-25(2)30(28,29)24-22(27)17-13-14-19-20(15-17)23-26(18-11-7-4-8-12-18)21(19)16-9-5-3-6-10-16/h4,7-9,11-15H,3,5-6,10H2,1-2H3,(H,24,27). The van der Waals surface area contributed by atoms with Gasteiger partial charge in [0.1, 0.15) is 0 Å². The number of fused-ring (bicyclic) bond motifs is 1. The van der Waals surface area contributed by atoms with Gasteiger partial charge in [0.2, 0.25) is 0 Å². The molecule has 1 N–H and O–H groups in total. The van der Waals surface area contributed by atoms with Crippen LogP contribution in [0.25, 0.3) is 22.2 Å². The van der Waals surface area contributed by atoms with E-state index in [4.69, 9.17) is 5.10 Å². The van der Waals surface area contributed by atoms with Gasteiger partial charge in [0, 0.05) is 25.0 Å². The van der Waals surface area contributed by atoms with Crippen LogP contribution >= 0.6 is 0 Å². The molecule has 3 aromatic rings. The zero-order chi connectivity index (χ0) is 21.3. The fraction of sp³-hybridized carbons (Fsp3) is 0.273. The largest absolute Gasteiger partial charge is 0.303 e. The number of hydrogen-bond donors (Lipinski definition) is 1. The number of amides is 1. The zero-order valence-electron chi connectivity index (χ0n) is 17.0. The molecular formula is C22H24N4O3S. The molecule has 0 fully saturated rings. The Balaban J connectivity index is 1.82. The van der Waals surface area contributed by atoms with Crippen molar-refractivity contribution in [2.24, 2.45) is 0 Å². The number of carbonyl (C=O) groups excluding carboxylic acids is 1. The predicted molar refractivity (Wildman–Crippen MR) is 118 cm³/mol. The molecule has 1 aliphatic rings. The van der Waals surface area contributed by atoms with Gasteiger partial charge in [-0.1, -0.05) is 24.3 Å². The van der Waals surface area contributed by atoms with Crippen molar-refractivity contribution in [3.05, 3.63) is 65.9 Å². The highest BCUT2D eigenvalue weighted by atomic mass is 32.2. The Morgan fingerprint density at radius 3 is 2.53 bits per heavy atom. The normalized spacial score (nSPS) is 14.7. The van der Waals surface area contributed by atoms with Gasteiger partial charge in [-0.15, -0.1) is 0 Å². The maximum atomic E-state index is 12.5. The molecule has 8 heteroatoms. The Bertz CT molecular complexity index is 1230. The molecule has 0 aliphatic heterocycles. The van der Waals surface area contributed by atoms with E-state index in [0.717, 1.165) is 40.3 Å². The molecule has 1 aromatic heterocycles. The van der Waals surface area contributed by atoms with E-state index < -0.39 is 16.1 Å². The van der Waals surface area contributed by atoms with Gasteiger partial charge in [0.15, 0.2) is 0 Å². The van der Waals surface area contributed by atoms with Gasteiger partial charge in [0.05, 0.1) is 16.9 Å². The molecule has 0 bridgehead atoms. The molecule has 0 saturated heterocycles. The van der Waals surface area contributed by atoms with Crippen LogP contribution in [-0.2, 0) is 10.2 Å². The summed E-state index contributed by atoms with van der Waals surface area (Å²) in [6.45, 7) is 0. The Hall–Kier alpha value is -2.97. The molecule has 0 radical (unpaired) electrons. The highest BCUT2D eigenvalue weighted by Gasteiger charge is 2.21. The summed E-state index contributed by atoms with van der Waals surface area (Å²) in [5.74, 6) is -0.682. The van der Waals surface area contributed by atoms with Crippen molar-refractivity contribution >= 4 is 32.6 Å². The molecular weight excluding hydrogens is 400 g/mol. The third kappa shape index (κ3) is 3.88. The molecule has 0 unspecified atom stereocenters. The van der Waals surface area contributed by atoms with Crippen molar-refractivity contribution in [2.75, 3.05) is 14.1 Å². The molecule has 156 valence electrons. The molecule has 30 heavy (non-hydrogen) atoms.